The van der Waals surface area contributed by atoms with Crippen molar-refractivity contribution in [1.82, 2.24) is 15.4 Å². The van der Waals surface area contributed by atoms with Crippen molar-refractivity contribution in [3.63, 3.8) is 0 Å². The quantitative estimate of drug-likeness (QED) is 0.564. The van der Waals surface area contributed by atoms with Gasteiger partial charge in [0.15, 0.2) is 0 Å². The molecule has 2 heterocycles. The third kappa shape index (κ3) is 2.26. The number of hydrazine groups is 1. The molecule has 3 rings (SSSR count). The normalized spacial score (nSPS) is 12.8. The topological polar surface area (TPSA) is 77.0 Å². The minimum Gasteiger partial charge on any atom is -0.459 e. The second kappa shape index (κ2) is 4.99. The van der Waals surface area contributed by atoms with Crippen LogP contribution >= 0.6 is 0 Å². The summed E-state index contributed by atoms with van der Waals surface area (Å²) in [7, 11) is 0. The van der Waals surface area contributed by atoms with Gasteiger partial charge in [0, 0.05) is 11.6 Å². The predicted molar refractivity (Wildman–Crippen MR) is 72.1 cm³/mol. The minimum absolute atomic E-state index is 0.308. The van der Waals surface area contributed by atoms with Gasteiger partial charge in [0.1, 0.15) is 23.2 Å². The molecule has 3 aromatic rings. The lowest BCUT2D eigenvalue weighted by molar-refractivity contribution is 0.470. The summed E-state index contributed by atoms with van der Waals surface area (Å²) in [5, 5.41) is 0.681. The van der Waals surface area contributed by atoms with Crippen LogP contribution in [0.15, 0.2) is 41.1 Å². The number of nitrogens with zero attached hydrogens (tertiary/aromatic N) is 2. The van der Waals surface area contributed by atoms with Gasteiger partial charge in [0.2, 0.25) is 0 Å². The van der Waals surface area contributed by atoms with E-state index in [1.807, 2.05) is 6.92 Å². The molecule has 20 heavy (non-hydrogen) atoms. The molecule has 0 aliphatic rings. The third-order valence-electron chi connectivity index (χ3n) is 3.05. The fraction of sp³-hybridized carbons (Fsp3) is 0.143. The van der Waals surface area contributed by atoms with Crippen molar-refractivity contribution in [1.29, 1.82) is 0 Å². The van der Waals surface area contributed by atoms with Crippen LogP contribution < -0.4 is 11.3 Å². The summed E-state index contributed by atoms with van der Waals surface area (Å²) in [6.07, 6.45) is 3.29. The number of fused-ring (bicyclic) bond motifs is 1. The predicted octanol–water partition coefficient (Wildman–Crippen LogP) is 2.22. The molecule has 0 radical (unpaired) electrons. The lowest BCUT2D eigenvalue weighted by Gasteiger charge is -2.12. The van der Waals surface area contributed by atoms with E-state index in [2.05, 4.69) is 15.4 Å². The number of furan rings is 1. The number of nitrogens with two attached hydrogens (primary N) is 1. The van der Waals surface area contributed by atoms with Gasteiger partial charge in [-0.2, -0.15) is 0 Å². The molecule has 0 fully saturated rings. The molecule has 1 unspecified atom stereocenters. The Morgan fingerprint density at radius 2 is 2.10 bits per heavy atom. The van der Waals surface area contributed by atoms with Crippen LogP contribution in [0.5, 0.6) is 0 Å². The molecule has 3 N–H and O–H groups in total. The average molecular weight is 272 g/mol. The summed E-state index contributed by atoms with van der Waals surface area (Å²) in [5.41, 5.74) is 4.69. The molecule has 0 aliphatic carbocycles. The van der Waals surface area contributed by atoms with E-state index >= 15 is 0 Å². The Balaban J connectivity index is 2.04. The molecule has 0 amide bonds. The SMILES string of the molecule is Cc1cnc(C(NN)c2cc3cc(F)ccc3o2)cn1. The monoisotopic (exact) mass is 272 g/mol. The van der Waals surface area contributed by atoms with Crippen molar-refractivity contribution in [2.75, 3.05) is 0 Å². The zero-order valence-corrected chi connectivity index (χ0v) is 10.8. The number of nitrogens with one attached hydrogen (secondary N) is 1. The molecule has 5 nitrogen and oxygen atoms in total. The molecule has 102 valence electrons. The van der Waals surface area contributed by atoms with Crippen LogP contribution in [0.3, 0.4) is 0 Å². The first-order valence-corrected chi connectivity index (χ1v) is 6.11. The molecule has 0 bridgehead atoms. The molecule has 0 saturated carbocycles. The first-order chi connectivity index (χ1) is 9.67. The lowest BCUT2D eigenvalue weighted by atomic mass is 10.1. The van der Waals surface area contributed by atoms with Gasteiger partial charge < -0.3 is 4.42 Å². The zero-order valence-electron chi connectivity index (χ0n) is 10.8. The highest BCUT2D eigenvalue weighted by Crippen LogP contribution is 2.27. The summed E-state index contributed by atoms with van der Waals surface area (Å²) in [6.45, 7) is 1.85. The van der Waals surface area contributed by atoms with Crippen LogP contribution in [0.25, 0.3) is 11.0 Å². The number of aromatic nitrogens is 2. The van der Waals surface area contributed by atoms with E-state index < -0.39 is 6.04 Å². The summed E-state index contributed by atoms with van der Waals surface area (Å²) in [4.78, 5) is 8.46. The van der Waals surface area contributed by atoms with Gasteiger partial charge >= 0.3 is 0 Å². The van der Waals surface area contributed by atoms with Crippen LogP contribution in [-0.4, -0.2) is 9.97 Å². The maximum Gasteiger partial charge on any atom is 0.134 e. The lowest BCUT2D eigenvalue weighted by Crippen LogP contribution is -2.29. The standard InChI is InChI=1S/C14H13FN4O/c1-8-6-18-11(7-17-8)14(19-16)13-5-9-4-10(15)2-3-12(9)20-13/h2-7,14,19H,16H2,1H3. The van der Waals surface area contributed by atoms with Gasteiger partial charge in [-0.1, -0.05) is 0 Å². The van der Waals surface area contributed by atoms with E-state index in [0.29, 0.717) is 22.4 Å². The van der Waals surface area contributed by atoms with E-state index in [4.69, 9.17) is 10.3 Å². The number of halogens is 1. The van der Waals surface area contributed by atoms with Gasteiger partial charge in [0.05, 0.1) is 17.6 Å². The molecule has 1 aromatic carbocycles. The maximum atomic E-state index is 13.2. The first-order valence-electron chi connectivity index (χ1n) is 6.11. The van der Waals surface area contributed by atoms with Crippen molar-refractivity contribution in [2.24, 2.45) is 5.84 Å². The summed E-state index contributed by atoms with van der Waals surface area (Å²) in [5.74, 6) is 5.83. The van der Waals surface area contributed by atoms with E-state index in [1.54, 1.807) is 24.5 Å². The molecular formula is C14H13FN4O. The molecule has 1 atom stereocenters. The Morgan fingerprint density at radius 1 is 1.25 bits per heavy atom. The second-order valence-corrected chi connectivity index (χ2v) is 4.51. The number of rotatable bonds is 3. The molecule has 0 spiro atoms. The number of hydrogen-bond donors (Lipinski definition) is 2. The highest BCUT2D eigenvalue weighted by atomic mass is 19.1. The van der Waals surface area contributed by atoms with E-state index in [0.717, 1.165) is 5.69 Å². The Morgan fingerprint density at radius 3 is 2.80 bits per heavy atom. The van der Waals surface area contributed by atoms with Crippen LogP contribution in [-0.2, 0) is 0 Å². The van der Waals surface area contributed by atoms with Crippen molar-refractivity contribution in [2.45, 2.75) is 13.0 Å². The van der Waals surface area contributed by atoms with Crippen molar-refractivity contribution in [3.05, 3.63) is 59.6 Å². The van der Waals surface area contributed by atoms with Gasteiger partial charge in [0.25, 0.3) is 0 Å². The Bertz CT molecular complexity index is 739. The highest BCUT2D eigenvalue weighted by molar-refractivity contribution is 5.78. The van der Waals surface area contributed by atoms with E-state index in [9.17, 15) is 4.39 Å². The summed E-state index contributed by atoms with van der Waals surface area (Å²) >= 11 is 0. The largest absolute Gasteiger partial charge is 0.459 e. The Hall–Kier alpha value is -2.31. The van der Waals surface area contributed by atoms with Gasteiger partial charge in [-0.3, -0.25) is 15.8 Å². The summed E-state index contributed by atoms with van der Waals surface area (Å²) in [6, 6.07) is 5.66. The second-order valence-electron chi connectivity index (χ2n) is 4.51. The molecule has 2 aromatic heterocycles. The van der Waals surface area contributed by atoms with E-state index in [-0.39, 0.29) is 5.82 Å². The average Bonchev–Trinajstić information content (AvgIpc) is 2.84. The van der Waals surface area contributed by atoms with Gasteiger partial charge in [-0.25, -0.2) is 9.82 Å². The van der Waals surface area contributed by atoms with Crippen LogP contribution in [0.4, 0.5) is 4.39 Å². The fourth-order valence-corrected chi connectivity index (χ4v) is 2.04. The number of aryl methyl sites for hydroxylation is 1. The molecule has 0 aliphatic heterocycles. The Labute approximate surface area is 114 Å². The fourth-order valence-electron chi connectivity index (χ4n) is 2.04. The first kappa shape index (κ1) is 12.7. The summed E-state index contributed by atoms with van der Waals surface area (Å²) < 4.78 is 18.9. The van der Waals surface area contributed by atoms with Crippen LogP contribution in [0.1, 0.15) is 23.2 Å². The minimum atomic E-state index is -0.432. The van der Waals surface area contributed by atoms with Gasteiger partial charge in [-0.05, 0) is 31.2 Å². The maximum absolute atomic E-state index is 13.2. The van der Waals surface area contributed by atoms with Crippen molar-refractivity contribution >= 4 is 11.0 Å². The number of benzene rings is 1. The van der Waals surface area contributed by atoms with Crippen LogP contribution in [0, 0.1) is 12.7 Å². The van der Waals surface area contributed by atoms with Gasteiger partial charge in [-0.15, -0.1) is 0 Å². The van der Waals surface area contributed by atoms with E-state index in [1.165, 1.54) is 12.1 Å². The molecule has 0 saturated heterocycles. The van der Waals surface area contributed by atoms with Crippen LogP contribution in [0.2, 0.25) is 0 Å². The Kier molecular flexibility index (Phi) is 3.17. The molecule has 6 heteroatoms. The molecular weight excluding hydrogens is 259 g/mol. The smallest absolute Gasteiger partial charge is 0.134 e. The van der Waals surface area contributed by atoms with Crippen molar-refractivity contribution < 1.29 is 8.81 Å². The van der Waals surface area contributed by atoms with Crippen molar-refractivity contribution in [3.8, 4) is 0 Å². The third-order valence-corrected chi connectivity index (χ3v) is 3.05. The number of hydrogen-bond acceptors (Lipinski definition) is 5. The zero-order chi connectivity index (χ0) is 14.1. The highest BCUT2D eigenvalue weighted by Gasteiger charge is 2.19.